The van der Waals surface area contributed by atoms with Crippen molar-refractivity contribution in [1.82, 2.24) is 0 Å². The van der Waals surface area contributed by atoms with Gasteiger partial charge in [0, 0.05) is 23.9 Å². The molecule has 4 rings (SSSR count). The van der Waals surface area contributed by atoms with Gasteiger partial charge in [0.2, 0.25) is 0 Å². The van der Waals surface area contributed by atoms with E-state index in [0.29, 0.717) is 34.9 Å². The van der Waals surface area contributed by atoms with E-state index in [9.17, 15) is 9.90 Å². The minimum absolute atomic E-state index is 0.457. The summed E-state index contributed by atoms with van der Waals surface area (Å²) in [6.45, 7) is 0. The summed E-state index contributed by atoms with van der Waals surface area (Å²) in [5.41, 5.74) is -0.162. The lowest BCUT2D eigenvalue weighted by Crippen LogP contribution is -2.45. The maximum atomic E-state index is 11.4. The van der Waals surface area contributed by atoms with Crippen LogP contribution >= 0.6 is 11.6 Å². The fourth-order valence-corrected chi connectivity index (χ4v) is 3.21. The van der Waals surface area contributed by atoms with Crippen LogP contribution < -0.4 is 9.47 Å². The van der Waals surface area contributed by atoms with E-state index in [2.05, 4.69) is 0 Å². The molecule has 1 heterocycles. The number of carbonyl (C=O) groups is 1. The van der Waals surface area contributed by atoms with Crippen molar-refractivity contribution in [2.75, 3.05) is 0 Å². The third kappa shape index (κ3) is 1.43. The molecule has 1 aromatic carbocycles. The molecular formula is C14H13ClO4. The Bertz CT molecular complexity index is 587. The first-order valence-corrected chi connectivity index (χ1v) is 6.88. The van der Waals surface area contributed by atoms with E-state index in [-0.39, 0.29) is 0 Å². The average molecular weight is 281 g/mol. The van der Waals surface area contributed by atoms with Crippen molar-refractivity contribution in [2.24, 2.45) is 0 Å². The highest BCUT2D eigenvalue weighted by Gasteiger charge is 2.54. The summed E-state index contributed by atoms with van der Waals surface area (Å²) in [4.78, 5) is 11.4. The first-order valence-electron chi connectivity index (χ1n) is 6.50. The number of ether oxygens (including phenoxy) is 2. The van der Waals surface area contributed by atoms with E-state index >= 15 is 0 Å². The van der Waals surface area contributed by atoms with Crippen molar-refractivity contribution in [1.29, 1.82) is 0 Å². The normalized spacial score (nSPS) is 24.1. The first kappa shape index (κ1) is 11.4. The molecule has 2 fully saturated rings. The summed E-state index contributed by atoms with van der Waals surface area (Å²) in [6.07, 6.45) is 4.10. The Labute approximate surface area is 115 Å². The Morgan fingerprint density at radius 3 is 2.26 bits per heavy atom. The quantitative estimate of drug-likeness (QED) is 0.904. The third-order valence-electron chi connectivity index (χ3n) is 4.42. The number of hydrogen-bond donors (Lipinski definition) is 1. The SMILES string of the molecule is O=C(O)C1(c2cc3c(cc2Cl)OC2(CCC2)O3)CC1. The molecule has 0 amide bonds. The summed E-state index contributed by atoms with van der Waals surface area (Å²) in [5.74, 6) is -0.0580. The van der Waals surface area contributed by atoms with Gasteiger partial charge < -0.3 is 14.6 Å². The molecule has 1 N–H and O–H groups in total. The predicted molar refractivity (Wildman–Crippen MR) is 67.8 cm³/mol. The molecule has 5 heteroatoms. The van der Waals surface area contributed by atoms with Crippen LogP contribution in [0.1, 0.15) is 37.7 Å². The second kappa shape index (κ2) is 3.37. The molecular weight excluding hydrogens is 268 g/mol. The summed E-state index contributed by atoms with van der Waals surface area (Å²) in [6, 6.07) is 3.45. The van der Waals surface area contributed by atoms with Crippen molar-refractivity contribution < 1.29 is 19.4 Å². The third-order valence-corrected chi connectivity index (χ3v) is 4.73. The smallest absolute Gasteiger partial charge is 0.314 e. The van der Waals surface area contributed by atoms with Crippen LogP contribution in [-0.4, -0.2) is 16.9 Å². The van der Waals surface area contributed by atoms with Gasteiger partial charge in [0.05, 0.1) is 5.41 Å². The maximum absolute atomic E-state index is 11.4. The van der Waals surface area contributed by atoms with Gasteiger partial charge in [-0.25, -0.2) is 0 Å². The Morgan fingerprint density at radius 1 is 1.16 bits per heavy atom. The lowest BCUT2D eigenvalue weighted by Gasteiger charge is -2.35. The number of hydrogen-bond acceptors (Lipinski definition) is 3. The summed E-state index contributed by atoms with van der Waals surface area (Å²) >= 11 is 6.23. The summed E-state index contributed by atoms with van der Waals surface area (Å²) in [5, 5.41) is 9.82. The number of benzene rings is 1. The molecule has 1 aromatic rings. The molecule has 1 aliphatic heterocycles. The molecule has 3 aliphatic rings. The molecule has 0 bridgehead atoms. The van der Waals surface area contributed by atoms with Gasteiger partial charge in [-0.15, -0.1) is 0 Å². The molecule has 4 nitrogen and oxygen atoms in total. The van der Waals surface area contributed by atoms with Crippen LogP contribution in [-0.2, 0) is 10.2 Å². The number of aliphatic carboxylic acids is 1. The number of fused-ring (bicyclic) bond motifs is 1. The fourth-order valence-electron chi connectivity index (χ4n) is 2.88. The van der Waals surface area contributed by atoms with Crippen molar-refractivity contribution >= 4 is 17.6 Å². The number of carboxylic acids is 1. The number of halogens is 1. The highest BCUT2D eigenvalue weighted by molar-refractivity contribution is 6.32. The Hall–Kier alpha value is -1.42. The summed E-state index contributed by atoms with van der Waals surface area (Å²) in [7, 11) is 0. The highest BCUT2D eigenvalue weighted by atomic mass is 35.5. The van der Waals surface area contributed by atoms with E-state index in [0.717, 1.165) is 19.3 Å². The molecule has 0 unspecified atom stereocenters. The van der Waals surface area contributed by atoms with Gasteiger partial charge in [0.25, 0.3) is 5.79 Å². The maximum Gasteiger partial charge on any atom is 0.314 e. The highest BCUT2D eigenvalue weighted by Crippen LogP contribution is 2.55. The van der Waals surface area contributed by atoms with Gasteiger partial charge in [0.1, 0.15) is 0 Å². The van der Waals surface area contributed by atoms with E-state index < -0.39 is 17.2 Å². The molecule has 0 radical (unpaired) electrons. The lowest BCUT2D eigenvalue weighted by molar-refractivity contribution is -0.140. The molecule has 0 aromatic heterocycles. The standard InChI is InChI=1S/C14H13ClO4/c15-9-7-11-10(18-14(19-11)2-1-3-14)6-8(9)13(4-5-13)12(16)17/h6-7H,1-5H2,(H,16,17). The van der Waals surface area contributed by atoms with E-state index in [1.54, 1.807) is 12.1 Å². The minimum Gasteiger partial charge on any atom is -0.481 e. The van der Waals surface area contributed by atoms with Crippen LogP contribution in [0.2, 0.25) is 5.02 Å². The fraction of sp³-hybridized carbons (Fsp3) is 0.500. The average Bonchev–Trinajstić information content (AvgIpc) is 3.03. The molecule has 0 saturated heterocycles. The molecule has 2 saturated carbocycles. The monoisotopic (exact) mass is 280 g/mol. The first-order chi connectivity index (χ1) is 9.05. The molecule has 0 atom stereocenters. The van der Waals surface area contributed by atoms with Gasteiger partial charge in [-0.2, -0.15) is 0 Å². The van der Waals surface area contributed by atoms with Crippen LogP contribution in [0.3, 0.4) is 0 Å². The molecule has 2 aliphatic carbocycles. The van der Waals surface area contributed by atoms with Crippen LogP contribution in [0.25, 0.3) is 0 Å². The molecule has 19 heavy (non-hydrogen) atoms. The number of carboxylic acid groups (broad SMARTS) is 1. The molecule has 100 valence electrons. The van der Waals surface area contributed by atoms with Crippen LogP contribution in [0.4, 0.5) is 0 Å². The van der Waals surface area contributed by atoms with E-state index in [1.807, 2.05) is 0 Å². The van der Waals surface area contributed by atoms with Crippen LogP contribution in [0.15, 0.2) is 12.1 Å². The number of rotatable bonds is 2. The van der Waals surface area contributed by atoms with Gasteiger partial charge >= 0.3 is 5.97 Å². The molecule has 1 spiro atoms. The zero-order chi connectivity index (χ0) is 13.3. The van der Waals surface area contributed by atoms with Gasteiger partial charge in [-0.3, -0.25) is 4.79 Å². The van der Waals surface area contributed by atoms with E-state index in [1.165, 1.54) is 0 Å². The zero-order valence-corrected chi connectivity index (χ0v) is 11.0. The predicted octanol–water partition coefficient (Wildman–Crippen LogP) is 3.11. The Kier molecular flexibility index (Phi) is 2.02. The Morgan fingerprint density at radius 2 is 1.79 bits per heavy atom. The van der Waals surface area contributed by atoms with Crippen LogP contribution in [0, 0.1) is 0 Å². The second-order valence-corrected chi connectivity index (χ2v) is 6.04. The second-order valence-electron chi connectivity index (χ2n) is 5.63. The van der Waals surface area contributed by atoms with Crippen molar-refractivity contribution in [3.8, 4) is 11.5 Å². The van der Waals surface area contributed by atoms with Gasteiger partial charge in [-0.05, 0) is 30.9 Å². The van der Waals surface area contributed by atoms with Crippen molar-refractivity contribution in [3.05, 3.63) is 22.7 Å². The van der Waals surface area contributed by atoms with Crippen LogP contribution in [0.5, 0.6) is 11.5 Å². The van der Waals surface area contributed by atoms with Crippen molar-refractivity contribution in [2.45, 2.75) is 43.3 Å². The zero-order valence-electron chi connectivity index (χ0n) is 10.2. The largest absolute Gasteiger partial charge is 0.481 e. The van der Waals surface area contributed by atoms with Crippen molar-refractivity contribution in [3.63, 3.8) is 0 Å². The minimum atomic E-state index is -0.815. The Balaban J connectivity index is 1.76. The topological polar surface area (TPSA) is 55.8 Å². The van der Waals surface area contributed by atoms with Gasteiger partial charge in [0.15, 0.2) is 11.5 Å². The van der Waals surface area contributed by atoms with Gasteiger partial charge in [-0.1, -0.05) is 11.6 Å². The summed E-state index contributed by atoms with van der Waals surface area (Å²) < 4.78 is 11.7. The van der Waals surface area contributed by atoms with E-state index in [4.69, 9.17) is 21.1 Å². The lowest BCUT2D eigenvalue weighted by atomic mass is 9.91.